The molecule has 2 spiro atoms. The molecule has 2 N–H and O–H groups in total. The van der Waals surface area contributed by atoms with Gasteiger partial charge in [-0.3, -0.25) is 19.4 Å². The van der Waals surface area contributed by atoms with Gasteiger partial charge in [0.1, 0.15) is 29.6 Å². The van der Waals surface area contributed by atoms with Crippen molar-refractivity contribution < 1.29 is 18.8 Å². The highest BCUT2D eigenvalue weighted by Gasteiger charge is 2.51. The van der Waals surface area contributed by atoms with Crippen LogP contribution in [0.15, 0.2) is 65.8 Å². The van der Waals surface area contributed by atoms with E-state index in [0.717, 1.165) is 36.0 Å². The lowest BCUT2D eigenvalue weighted by Gasteiger charge is -2.38. The molecule has 1 unspecified atom stereocenters. The summed E-state index contributed by atoms with van der Waals surface area (Å²) in [6.45, 7) is -0.178. The number of pyridine rings is 1. The summed E-state index contributed by atoms with van der Waals surface area (Å²) in [6.07, 6.45) is 6.85. The molecule has 0 bridgehead atoms. The molecule has 0 radical (unpaired) electrons. The number of aromatic nitrogens is 1. The SMILES string of the molecule is O=C(CN1C(=O)C(c2ccccc2F)=NC12CCCCC2)Nc1ccc2c(c1)CC1(C2)C(=O)Nc2ncccc21. The molecule has 1 atom stereocenters. The number of nitrogens with one attached hydrogen (secondary N) is 2. The largest absolute Gasteiger partial charge is 0.325 e. The summed E-state index contributed by atoms with van der Waals surface area (Å²) in [5, 5.41) is 5.86. The molecular weight excluding hydrogens is 509 g/mol. The first-order valence-electron chi connectivity index (χ1n) is 13.7. The van der Waals surface area contributed by atoms with Gasteiger partial charge in [0.05, 0.1) is 5.41 Å². The van der Waals surface area contributed by atoms with E-state index in [9.17, 15) is 18.8 Å². The van der Waals surface area contributed by atoms with Crippen LogP contribution in [0, 0.1) is 5.82 Å². The topological polar surface area (TPSA) is 104 Å². The molecular formula is C31H28FN5O3. The van der Waals surface area contributed by atoms with Gasteiger partial charge in [-0.25, -0.2) is 9.37 Å². The van der Waals surface area contributed by atoms with Crippen LogP contribution in [0.2, 0.25) is 0 Å². The summed E-state index contributed by atoms with van der Waals surface area (Å²) in [7, 11) is 0. The van der Waals surface area contributed by atoms with Crippen LogP contribution in [0.5, 0.6) is 0 Å². The van der Waals surface area contributed by atoms with Gasteiger partial charge in [0.2, 0.25) is 11.8 Å². The standard InChI is InChI=1S/C31H28FN5O3/c32-24-9-3-2-7-22(24)26-28(39)37(31(36-26)12-4-1-5-13-31)18-25(38)34-21-11-10-19-16-30(17-20(19)15-21)23-8-6-14-33-27(23)35-29(30)40/h2-3,6-11,14-15H,1,4-5,12-13,16-18H2,(H,34,38)(H,33,35,40). The van der Waals surface area contributed by atoms with E-state index >= 15 is 0 Å². The van der Waals surface area contributed by atoms with Gasteiger partial charge in [-0.1, -0.05) is 30.7 Å². The third-order valence-corrected chi connectivity index (χ3v) is 8.82. The van der Waals surface area contributed by atoms with Crippen molar-refractivity contribution in [3.8, 4) is 0 Å². The minimum Gasteiger partial charge on any atom is -0.325 e. The monoisotopic (exact) mass is 537 g/mol. The number of hydrogen-bond donors (Lipinski definition) is 2. The zero-order chi connectivity index (χ0) is 27.5. The summed E-state index contributed by atoms with van der Waals surface area (Å²) < 4.78 is 14.6. The fraction of sp³-hybridized carbons (Fsp3) is 0.323. The van der Waals surface area contributed by atoms with E-state index in [-0.39, 0.29) is 29.6 Å². The van der Waals surface area contributed by atoms with Crippen molar-refractivity contribution in [3.63, 3.8) is 0 Å². The van der Waals surface area contributed by atoms with E-state index < -0.39 is 22.8 Å². The summed E-state index contributed by atoms with van der Waals surface area (Å²) >= 11 is 0. The molecule has 202 valence electrons. The molecule has 1 aromatic heterocycles. The Morgan fingerprint density at radius 3 is 2.62 bits per heavy atom. The Labute approximate surface area is 230 Å². The predicted octanol–water partition coefficient (Wildman–Crippen LogP) is 4.14. The Bertz CT molecular complexity index is 1610. The molecule has 0 saturated heterocycles. The zero-order valence-electron chi connectivity index (χ0n) is 21.9. The average molecular weight is 538 g/mol. The number of fused-ring (bicyclic) bond motifs is 3. The number of rotatable bonds is 4. The van der Waals surface area contributed by atoms with Gasteiger partial charge in [0.25, 0.3) is 5.91 Å². The number of amides is 3. The normalized spacial score (nSPS) is 22.3. The van der Waals surface area contributed by atoms with Gasteiger partial charge in [-0.05, 0) is 80.0 Å². The van der Waals surface area contributed by atoms with Crippen LogP contribution in [-0.2, 0) is 32.6 Å². The molecule has 1 fully saturated rings. The van der Waals surface area contributed by atoms with Gasteiger partial charge < -0.3 is 15.5 Å². The number of aliphatic imine (C=N–C) groups is 1. The molecule has 3 amide bonds. The minimum atomic E-state index is -0.828. The maximum Gasteiger partial charge on any atom is 0.275 e. The highest BCUT2D eigenvalue weighted by Crippen LogP contribution is 2.47. The highest BCUT2D eigenvalue weighted by molar-refractivity contribution is 6.47. The van der Waals surface area contributed by atoms with E-state index in [2.05, 4.69) is 15.6 Å². The number of carbonyl (C=O) groups excluding carboxylic acids is 3. The Morgan fingerprint density at radius 1 is 1.00 bits per heavy atom. The Morgan fingerprint density at radius 2 is 1.80 bits per heavy atom. The molecule has 7 rings (SSSR count). The summed E-state index contributed by atoms with van der Waals surface area (Å²) in [4.78, 5) is 50.5. The molecule has 2 aliphatic heterocycles. The lowest BCUT2D eigenvalue weighted by molar-refractivity contribution is -0.134. The number of carbonyl (C=O) groups is 3. The smallest absolute Gasteiger partial charge is 0.275 e. The Hall–Kier alpha value is -4.40. The van der Waals surface area contributed by atoms with Crippen LogP contribution in [0.3, 0.4) is 0 Å². The second kappa shape index (κ2) is 9.08. The lowest BCUT2D eigenvalue weighted by atomic mass is 9.79. The first kappa shape index (κ1) is 24.6. The summed E-state index contributed by atoms with van der Waals surface area (Å²) in [5.74, 6) is -0.713. The van der Waals surface area contributed by atoms with E-state index in [0.29, 0.717) is 37.2 Å². The van der Waals surface area contributed by atoms with Crippen molar-refractivity contribution in [2.24, 2.45) is 4.99 Å². The molecule has 2 aromatic carbocycles. The van der Waals surface area contributed by atoms with E-state index in [4.69, 9.17) is 4.99 Å². The molecule has 1 saturated carbocycles. The van der Waals surface area contributed by atoms with Gasteiger partial charge >= 0.3 is 0 Å². The van der Waals surface area contributed by atoms with Crippen molar-refractivity contribution in [2.45, 2.75) is 56.0 Å². The maximum absolute atomic E-state index is 14.6. The quantitative estimate of drug-likeness (QED) is 0.522. The number of hydrogen-bond acceptors (Lipinski definition) is 5. The highest BCUT2D eigenvalue weighted by atomic mass is 19.1. The molecule has 3 heterocycles. The van der Waals surface area contributed by atoms with Crippen LogP contribution in [-0.4, -0.2) is 45.5 Å². The fourth-order valence-corrected chi connectivity index (χ4v) is 6.87. The van der Waals surface area contributed by atoms with E-state index in [1.165, 1.54) is 11.0 Å². The van der Waals surface area contributed by atoms with Crippen LogP contribution >= 0.6 is 0 Å². The Balaban J connectivity index is 1.11. The van der Waals surface area contributed by atoms with E-state index in [1.807, 2.05) is 30.3 Å². The second-order valence-electron chi connectivity index (χ2n) is 11.2. The Kier molecular flexibility index (Phi) is 5.59. The van der Waals surface area contributed by atoms with Crippen molar-refractivity contribution in [1.29, 1.82) is 0 Å². The molecule has 3 aromatic rings. The molecule has 40 heavy (non-hydrogen) atoms. The van der Waals surface area contributed by atoms with Crippen molar-refractivity contribution >= 4 is 34.9 Å². The zero-order valence-corrected chi connectivity index (χ0v) is 21.9. The van der Waals surface area contributed by atoms with Crippen LogP contribution in [0.1, 0.15) is 54.4 Å². The first-order valence-corrected chi connectivity index (χ1v) is 13.7. The van der Waals surface area contributed by atoms with Crippen molar-refractivity contribution in [1.82, 2.24) is 9.88 Å². The van der Waals surface area contributed by atoms with Gasteiger partial charge in [-0.15, -0.1) is 0 Å². The molecule has 9 heteroatoms. The maximum atomic E-state index is 14.6. The number of anilines is 2. The third kappa shape index (κ3) is 3.75. The number of benzene rings is 2. The lowest BCUT2D eigenvalue weighted by Crippen LogP contribution is -2.51. The second-order valence-corrected chi connectivity index (χ2v) is 11.2. The predicted molar refractivity (Wildman–Crippen MR) is 147 cm³/mol. The molecule has 8 nitrogen and oxygen atoms in total. The molecule has 2 aliphatic carbocycles. The minimum absolute atomic E-state index is 0.0565. The number of nitrogens with zero attached hydrogens (tertiary/aromatic N) is 3. The van der Waals surface area contributed by atoms with E-state index in [1.54, 1.807) is 24.4 Å². The van der Waals surface area contributed by atoms with Crippen LogP contribution in [0.25, 0.3) is 0 Å². The van der Waals surface area contributed by atoms with Crippen LogP contribution in [0.4, 0.5) is 15.9 Å². The van der Waals surface area contributed by atoms with Gasteiger partial charge in [-0.2, -0.15) is 0 Å². The summed E-state index contributed by atoms with van der Waals surface area (Å²) in [5.41, 5.74) is 2.29. The van der Waals surface area contributed by atoms with Gasteiger partial charge in [0.15, 0.2) is 0 Å². The van der Waals surface area contributed by atoms with Crippen LogP contribution < -0.4 is 10.6 Å². The number of halogens is 1. The average Bonchev–Trinajstić information content (AvgIpc) is 3.55. The fourth-order valence-electron chi connectivity index (χ4n) is 6.87. The molecule has 4 aliphatic rings. The van der Waals surface area contributed by atoms with Crippen molar-refractivity contribution in [2.75, 3.05) is 17.2 Å². The summed E-state index contributed by atoms with van der Waals surface area (Å²) in [6, 6.07) is 15.6. The third-order valence-electron chi connectivity index (χ3n) is 8.82. The van der Waals surface area contributed by atoms with Gasteiger partial charge in [0, 0.05) is 23.0 Å². The van der Waals surface area contributed by atoms with Crippen molar-refractivity contribution in [3.05, 3.63) is 88.9 Å². The first-order chi connectivity index (χ1) is 19.4.